The average Bonchev–Trinajstić information content (AvgIpc) is 2.38. The van der Waals surface area contributed by atoms with Gasteiger partial charge in [-0.15, -0.1) is 0 Å². The van der Waals surface area contributed by atoms with Crippen LogP contribution < -0.4 is 0 Å². The van der Waals surface area contributed by atoms with Crippen molar-refractivity contribution >= 4 is 34.5 Å². The molecule has 2 aromatic carbocycles. The summed E-state index contributed by atoms with van der Waals surface area (Å²) >= 11 is 2.23. The fraction of sp³-hybridized carbons (Fsp3) is 0. The highest BCUT2D eigenvalue weighted by Crippen LogP contribution is 2.14. The van der Waals surface area contributed by atoms with Gasteiger partial charge in [-0.3, -0.25) is 4.79 Å². The maximum atomic E-state index is 11.9. The summed E-state index contributed by atoms with van der Waals surface area (Å²) in [6.45, 7) is 0. The number of aromatic hydroxyl groups is 1. The van der Waals surface area contributed by atoms with Crippen LogP contribution in [-0.2, 0) is 0 Å². The lowest BCUT2D eigenvalue weighted by atomic mass is 10.1. The van der Waals surface area contributed by atoms with E-state index in [1.165, 1.54) is 12.1 Å². The minimum absolute atomic E-state index is 0.0744. The van der Waals surface area contributed by atoms with Gasteiger partial charge < -0.3 is 5.11 Å². The molecule has 0 aromatic heterocycles. The summed E-state index contributed by atoms with van der Waals surface area (Å²) in [5.74, 6) is 0.0859. The van der Waals surface area contributed by atoms with Gasteiger partial charge in [-0.05, 0) is 64.6 Å². The van der Waals surface area contributed by atoms with Gasteiger partial charge in [0.1, 0.15) is 5.75 Å². The minimum Gasteiger partial charge on any atom is -0.508 e. The van der Waals surface area contributed by atoms with E-state index in [0.717, 1.165) is 9.13 Å². The zero-order chi connectivity index (χ0) is 13.0. The quantitative estimate of drug-likeness (QED) is 0.518. The van der Waals surface area contributed by atoms with Gasteiger partial charge >= 0.3 is 0 Å². The summed E-state index contributed by atoms with van der Waals surface area (Å²) in [5, 5.41) is 9.15. The molecule has 90 valence electrons. The number of carbonyl (C=O) groups is 1. The van der Waals surface area contributed by atoms with Crippen molar-refractivity contribution in [3.8, 4) is 5.75 Å². The topological polar surface area (TPSA) is 37.3 Å². The molecule has 0 aliphatic carbocycles. The smallest absolute Gasteiger partial charge is 0.185 e. The molecule has 2 rings (SSSR count). The van der Waals surface area contributed by atoms with Crippen molar-refractivity contribution in [1.82, 2.24) is 0 Å². The van der Waals surface area contributed by atoms with E-state index in [4.69, 9.17) is 5.11 Å². The van der Waals surface area contributed by atoms with Gasteiger partial charge in [0.2, 0.25) is 0 Å². The third kappa shape index (κ3) is 3.20. The molecule has 0 aliphatic heterocycles. The first-order valence-corrected chi connectivity index (χ1v) is 6.50. The molecule has 0 heterocycles. The van der Waals surface area contributed by atoms with Gasteiger partial charge in [0, 0.05) is 9.13 Å². The Balaban J connectivity index is 2.17. The standard InChI is InChI=1S/C15H11IO2/c16-14-4-2-1-3-11(14)7-10-15(18)12-5-8-13(17)9-6-12/h1-10,17H/b10-7+. The minimum atomic E-state index is -0.0744. The van der Waals surface area contributed by atoms with Crippen LogP contribution in [0.3, 0.4) is 0 Å². The van der Waals surface area contributed by atoms with E-state index in [-0.39, 0.29) is 11.5 Å². The van der Waals surface area contributed by atoms with Gasteiger partial charge in [-0.25, -0.2) is 0 Å². The summed E-state index contributed by atoms with van der Waals surface area (Å²) in [7, 11) is 0. The van der Waals surface area contributed by atoms with E-state index in [1.54, 1.807) is 24.3 Å². The third-order valence-electron chi connectivity index (χ3n) is 2.47. The Labute approximate surface area is 119 Å². The summed E-state index contributed by atoms with van der Waals surface area (Å²) in [6, 6.07) is 14.1. The van der Waals surface area contributed by atoms with Crippen LogP contribution in [0.1, 0.15) is 15.9 Å². The van der Waals surface area contributed by atoms with Crippen molar-refractivity contribution < 1.29 is 9.90 Å². The van der Waals surface area contributed by atoms with Crippen LogP contribution >= 0.6 is 22.6 Å². The fourth-order valence-electron chi connectivity index (χ4n) is 1.50. The molecule has 0 bridgehead atoms. The molecule has 0 unspecified atom stereocenters. The Bertz CT molecular complexity index is 586. The van der Waals surface area contributed by atoms with E-state index < -0.39 is 0 Å². The van der Waals surface area contributed by atoms with Crippen LogP contribution in [0.25, 0.3) is 6.08 Å². The predicted octanol–water partition coefficient (Wildman–Crippen LogP) is 3.89. The summed E-state index contributed by atoms with van der Waals surface area (Å²) < 4.78 is 1.10. The first-order chi connectivity index (χ1) is 8.66. The number of rotatable bonds is 3. The molecule has 3 heteroatoms. The fourth-order valence-corrected chi connectivity index (χ4v) is 2.06. The number of phenols is 1. The van der Waals surface area contributed by atoms with Crippen molar-refractivity contribution in [1.29, 1.82) is 0 Å². The van der Waals surface area contributed by atoms with Crippen molar-refractivity contribution in [3.63, 3.8) is 0 Å². The molecule has 1 N–H and O–H groups in total. The van der Waals surface area contributed by atoms with Crippen molar-refractivity contribution in [3.05, 3.63) is 69.3 Å². The second-order valence-corrected chi connectivity index (χ2v) is 4.93. The van der Waals surface area contributed by atoms with Crippen LogP contribution in [0.5, 0.6) is 5.75 Å². The number of carbonyl (C=O) groups excluding carboxylic acids is 1. The van der Waals surface area contributed by atoms with E-state index in [0.29, 0.717) is 5.56 Å². The van der Waals surface area contributed by atoms with Crippen molar-refractivity contribution in [2.75, 3.05) is 0 Å². The van der Waals surface area contributed by atoms with E-state index in [9.17, 15) is 4.79 Å². The van der Waals surface area contributed by atoms with E-state index in [2.05, 4.69) is 22.6 Å². The van der Waals surface area contributed by atoms with Crippen LogP contribution in [0.2, 0.25) is 0 Å². The van der Waals surface area contributed by atoms with Crippen LogP contribution in [-0.4, -0.2) is 10.9 Å². The molecule has 0 saturated carbocycles. The number of hydrogen-bond donors (Lipinski definition) is 1. The largest absolute Gasteiger partial charge is 0.508 e. The maximum absolute atomic E-state index is 11.9. The lowest BCUT2D eigenvalue weighted by Crippen LogP contribution is -1.93. The van der Waals surface area contributed by atoms with Crippen molar-refractivity contribution in [2.24, 2.45) is 0 Å². The van der Waals surface area contributed by atoms with Gasteiger partial charge in [0.05, 0.1) is 0 Å². The molecular weight excluding hydrogens is 339 g/mol. The van der Waals surface area contributed by atoms with Gasteiger partial charge in [-0.2, -0.15) is 0 Å². The van der Waals surface area contributed by atoms with Crippen molar-refractivity contribution in [2.45, 2.75) is 0 Å². The highest BCUT2D eigenvalue weighted by atomic mass is 127. The molecule has 0 saturated heterocycles. The average molecular weight is 350 g/mol. The molecular formula is C15H11IO2. The lowest BCUT2D eigenvalue weighted by molar-refractivity contribution is 0.104. The van der Waals surface area contributed by atoms with Gasteiger partial charge in [0.25, 0.3) is 0 Å². The molecule has 0 aliphatic rings. The predicted molar refractivity (Wildman–Crippen MR) is 80.6 cm³/mol. The summed E-state index contributed by atoms with van der Waals surface area (Å²) in [4.78, 5) is 11.9. The van der Waals surface area contributed by atoms with Gasteiger partial charge in [-0.1, -0.05) is 24.3 Å². The van der Waals surface area contributed by atoms with Crippen LogP contribution in [0, 0.1) is 3.57 Å². The number of hydrogen-bond acceptors (Lipinski definition) is 2. The van der Waals surface area contributed by atoms with Gasteiger partial charge in [0.15, 0.2) is 5.78 Å². The molecule has 0 fully saturated rings. The lowest BCUT2D eigenvalue weighted by Gasteiger charge is -1.98. The molecule has 2 nitrogen and oxygen atoms in total. The zero-order valence-corrected chi connectivity index (χ0v) is 11.7. The summed E-state index contributed by atoms with van der Waals surface area (Å²) in [5.41, 5.74) is 1.58. The Morgan fingerprint density at radius 1 is 1.06 bits per heavy atom. The van der Waals surface area contributed by atoms with E-state index >= 15 is 0 Å². The third-order valence-corrected chi connectivity index (χ3v) is 3.45. The van der Waals surface area contributed by atoms with Crippen LogP contribution in [0.4, 0.5) is 0 Å². The summed E-state index contributed by atoms with van der Waals surface area (Å²) in [6.07, 6.45) is 3.35. The number of benzene rings is 2. The first-order valence-electron chi connectivity index (χ1n) is 5.43. The number of phenolic OH excluding ortho intramolecular Hbond substituents is 1. The molecule has 0 atom stereocenters. The van der Waals surface area contributed by atoms with Crippen LogP contribution in [0.15, 0.2) is 54.6 Å². The number of allylic oxidation sites excluding steroid dienone is 1. The number of halogens is 1. The molecule has 0 spiro atoms. The molecule has 0 amide bonds. The monoisotopic (exact) mass is 350 g/mol. The Hall–Kier alpha value is -1.62. The zero-order valence-electron chi connectivity index (χ0n) is 9.51. The highest BCUT2D eigenvalue weighted by Gasteiger charge is 2.01. The Kier molecular flexibility index (Phi) is 4.15. The maximum Gasteiger partial charge on any atom is 0.185 e. The normalized spacial score (nSPS) is 10.7. The van der Waals surface area contributed by atoms with E-state index in [1.807, 2.05) is 24.3 Å². The molecule has 0 radical (unpaired) electrons. The molecule has 18 heavy (non-hydrogen) atoms. The second kappa shape index (κ2) is 5.82. The Morgan fingerprint density at radius 3 is 2.39 bits per heavy atom. The second-order valence-electron chi connectivity index (χ2n) is 3.77. The SMILES string of the molecule is O=C(/C=C/c1ccccc1I)c1ccc(O)cc1. The number of ketones is 1. The molecule has 2 aromatic rings. The first kappa shape index (κ1) is 12.8. The Morgan fingerprint density at radius 2 is 1.72 bits per heavy atom. The highest BCUT2D eigenvalue weighted by molar-refractivity contribution is 14.1.